The maximum atomic E-state index is 12.2. The molecule has 0 radical (unpaired) electrons. The number of anilines is 1. The van der Waals surface area contributed by atoms with Gasteiger partial charge in [0, 0.05) is 17.2 Å². The molecular formula is C17H22N2O. The highest BCUT2D eigenvalue weighted by molar-refractivity contribution is 5.93. The van der Waals surface area contributed by atoms with E-state index < -0.39 is 0 Å². The van der Waals surface area contributed by atoms with Crippen LogP contribution in [0.3, 0.4) is 0 Å². The first-order chi connectivity index (χ1) is 9.61. The Labute approximate surface area is 120 Å². The van der Waals surface area contributed by atoms with Gasteiger partial charge in [-0.15, -0.1) is 0 Å². The van der Waals surface area contributed by atoms with Gasteiger partial charge in [-0.1, -0.05) is 25.2 Å². The van der Waals surface area contributed by atoms with Crippen LogP contribution < -0.4 is 11.1 Å². The monoisotopic (exact) mass is 270 g/mol. The highest BCUT2D eigenvalue weighted by atomic mass is 16.1. The van der Waals surface area contributed by atoms with Crippen LogP contribution in [0.4, 0.5) is 5.69 Å². The number of carbonyl (C=O) groups excluding carboxylic acids is 1. The Balaban J connectivity index is 2.06. The summed E-state index contributed by atoms with van der Waals surface area (Å²) in [6.45, 7) is 4.51. The first-order valence-corrected chi connectivity index (χ1v) is 7.22. The number of rotatable bonds is 2. The number of hydrogen-bond donors (Lipinski definition) is 2. The summed E-state index contributed by atoms with van der Waals surface area (Å²) in [7, 11) is 0. The van der Waals surface area contributed by atoms with Crippen molar-refractivity contribution in [3.63, 3.8) is 0 Å². The van der Waals surface area contributed by atoms with Gasteiger partial charge in [-0.3, -0.25) is 4.79 Å². The van der Waals surface area contributed by atoms with Crippen LogP contribution in [0, 0.1) is 30.6 Å². The molecule has 2 rings (SSSR count). The molecule has 0 saturated heterocycles. The fourth-order valence-electron chi connectivity index (χ4n) is 2.80. The van der Waals surface area contributed by atoms with Gasteiger partial charge in [0.15, 0.2) is 0 Å². The van der Waals surface area contributed by atoms with Gasteiger partial charge >= 0.3 is 0 Å². The zero-order valence-electron chi connectivity index (χ0n) is 12.2. The van der Waals surface area contributed by atoms with Gasteiger partial charge in [0.1, 0.15) is 0 Å². The molecule has 1 aromatic rings. The van der Waals surface area contributed by atoms with E-state index in [0.717, 1.165) is 36.1 Å². The third-order valence-corrected chi connectivity index (χ3v) is 4.02. The van der Waals surface area contributed by atoms with E-state index in [0.29, 0.717) is 12.5 Å². The lowest BCUT2D eigenvalue weighted by molar-refractivity contribution is -0.120. The van der Waals surface area contributed by atoms with Crippen LogP contribution in [-0.4, -0.2) is 12.5 Å². The second-order valence-electron chi connectivity index (χ2n) is 5.54. The molecule has 1 saturated carbocycles. The fraction of sp³-hybridized carbons (Fsp3) is 0.471. The molecule has 0 bridgehead atoms. The van der Waals surface area contributed by atoms with Gasteiger partial charge in [0.05, 0.1) is 6.54 Å². The van der Waals surface area contributed by atoms with Crippen LogP contribution in [0.5, 0.6) is 0 Å². The molecular weight excluding hydrogens is 248 g/mol. The smallest absolute Gasteiger partial charge is 0.227 e. The predicted molar refractivity (Wildman–Crippen MR) is 82.2 cm³/mol. The van der Waals surface area contributed by atoms with Crippen LogP contribution >= 0.6 is 0 Å². The molecule has 3 nitrogen and oxygen atoms in total. The van der Waals surface area contributed by atoms with E-state index in [2.05, 4.69) is 24.1 Å². The lowest BCUT2D eigenvalue weighted by Gasteiger charge is -2.15. The summed E-state index contributed by atoms with van der Waals surface area (Å²) in [5.74, 6) is 6.67. The van der Waals surface area contributed by atoms with Gasteiger partial charge in [0.2, 0.25) is 5.91 Å². The lowest BCUT2D eigenvalue weighted by atomic mass is 9.97. The molecule has 1 aromatic carbocycles. The molecule has 20 heavy (non-hydrogen) atoms. The maximum absolute atomic E-state index is 12.2. The molecule has 2 unspecified atom stereocenters. The van der Waals surface area contributed by atoms with Crippen molar-refractivity contribution >= 4 is 11.6 Å². The number of amides is 1. The average molecular weight is 270 g/mol. The highest BCUT2D eigenvalue weighted by Gasteiger charge is 2.29. The topological polar surface area (TPSA) is 55.1 Å². The van der Waals surface area contributed by atoms with Crippen LogP contribution in [0.1, 0.15) is 37.3 Å². The Kier molecular flexibility index (Phi) is 4.81. The zero-order chi connectivity index (χ0) is 14.5. The van der Waals surface area contributed by atoms with Crippen molar-refractivity contribution < 1.29 is 4.79 Å². The van der Waals surface area contributed by atoms with Crippen molar-refractivity contribution in [1.29, 1.82) is 0 Å². The quantitative estimate of drug-likeness (QED) is 0.812. The number of benzene rings is 1. The summed E-state index contributed by atoms with van der Waals surface area (Å²) in [6.07, 6.45) is 3.32. The first kappa shape index (κ1) is 14.6. The van der Waals surface area contributed by atoms with E-state index in [9.17, 15) is 4.79 Å². The second kappa shape index (κ2) is 6.58. The molecule has 3 heteroatoms. The van der Waals surface area contributed by atoms with Crippen molar-refractivity contribution in [1.82, 2.24) is 0 Å². The Morgan fingerprint density at radius 2 is 2.25 bits per heavy atom. The molecule has 1 fully saturated rings. The number of hydrogen-bond acceptors (Lipinski definition) is 2. The highest BCUT2D eigenvalue weighted by Crippen LogP contribution is 2.32. The van der Waals surface area contributed by atoms with Gasteiger partial charge < -0.3 is 11.1 Å². The molecule has 2 atom stereocenters. The number of nitrogens with one attached hydrogen (secondary N) is 1. The van der Waals surface area contributed by atoms with E-state index in [1.165, 1.54) is 0 Å². The minimum absolute atomic E-state index is 0.148. The van der Waals surface area contributed by atoms with Gasteiger partial charge in [-0.25, -0.2) is 0 Å². The molecule has 0 heterocycles. The van der Waals surface area contributed by atoms with Crippen molar-refractivity contribution in [3.05, 3.63) is 29.3 Å². The molecule has 1 amide bonds. The van der Waals surface area contributed by atoms with E-state index in [1.54, 1.807) is 0 Å². The summed E-state index contributed by atoms with van der Waals surface area (Å²) in [5, 5.41) is 3.03. The van der Waals surface area contributed by atoms with E-state index >= 15 is 0 Å². The number of carbonyl (C=O) groups is 1. The third kappa shape index (κ3) is 3.40. The number of nitrogens with two attached hydrogens (primary N) is 1. The fourth-order valence-corrected chi connectivity index (χ4v) is 2.80. The summed E-state index contributed by atoms with van der Waals surface area (Å²) in [4.78, 5) is 12.2. The van der Waals surface area contributed by atoms with Crippen molar-refractivity contribution in [3.8, 4) is 11.8 Å². The van der Waals surface area contributed by atoms with Crippen LogP contribution in [-0.2, 0) is 4.79 Å². The molecule has 0 spiro atoms. The Bertz CT molecular complexity index is 554. The van der Waals surface area contributed by atoms with Crippen molar-refractivity contribution in [2.75, 3.05) is 11.9 Å². The summed E-state index contributed by atoms with van der Waals surface area (Å²) < 4.78 is 0. The van der Waals surface area contributed by atoms with Crippen molar-refractivity contribution in [2.45, 2.75) is 33.1 Å². The molecule has 0 aliphatic heterocycles. The Morgan fingerprint density at radius 1 is 1.45 bits per heavy atom. The minimum atomic E-state index is 0.148. The minimum Gasteiger partial charge on any atom is -0.326 e. The average Bonchev–Trinajstić information content (AvgIpc) is 2.84. The predicted octanol–water partition coefficient (Wildman–Crippen LogP) is 2.68. The van der Waals surface area contributed by atoms with E-state index in [4.69, 9.17) is 5.73 Å². The molecule has 0 aromatic heterocycles. The Morgan fingerprint density at radius 3 is 2.85 bits per heavy atom. The van der Waals surface area contributed by atoms with Crippen LogP contribution in [0.2, 0.25) is 0 Å². The zero-order valence-corrected chi connectivity index (χ0v) is 12.2. The molecule has 106 valence electrons. The summed E-state index contributed by atoms with van der Waals surface area (Å²) >= 11 is 0. The second-order valence-corrected chi connectivity index (χ2v) is 5.54. The lowest BCUT2D eigenvalue weighted by Crippen LogP contribution is -2.24. The molecule has 1 aliphatic rings. The largest absolute Gasteiger partial charge is 0.326 e. The summed E-state index contributed by atoms with van der Waals surface area (Å²) in [6, 6.07) is 5.81. The van der Waals surface area contributed by atoms with Crippen molar-refractivity contribution in [2.24, 2.45) is 17.6 Å². The standard InChI is InChI=1S/C17H22N2O/c1-12-5-3-7-16(12)17(20)19-15-9-8-14(6-4-10-18)13(2)11-15/h8-9,11-12,16H,3,5,7,10,18H2,1-2H3,(H,19,20). The normalized spacial score (nSPS) is 21.1. The molecule has 3 N–H and O–H groups in total. The van der Waals surface area contributed by atoms with E-state index in [1.807, 2.05) is 25.1 Å². The van der Waals surface area contributed by atoms with Crippen LogP contribution in [0.25, 0.3) is 0 Å². The SMILES string of the molecule is Cc1cc(NC(=O)C2CCCC2C)ccc1C#CCN. The van der Waals surface area contributed by atoms with E-state index in [-0.39, 0.29) is 11.8 Å². The third-order valence-electron chi connectivity index (χ3n) is 4.02. The van der Waals surface area contributed by atoms with Gasteiger partial charge in [0.25, 0.3) is 0 Å². The van der Waals surface area contributed by atoms with Gasteiger partial charge in [-0.05, 0) is 49.4 Å². The first-order valence-electron chi connectivity index (χ1n) is 7.22. The Hall–Kier alpha value is -1.79. The number of aryl methyl sites for hydroxylation is 1. The van der Waals surface area contributed by atoms with Gasteiger partial charge in [-0.2, -0.15) is 0 Å². The molecule has 1 aliphatic carbocycles. The maximum Gasteiger partial charge on any atom is 0.227 e. The summed E-state index contributed by atoms with van der Waals surface area (Å²) in [5.41, 5.74) is 8.25. The van der Waals surface area contributed by atoms with Crippen LogP contribution in [0.15, 0.2) is 18.2 Å².